The summed E-state index contributed by atoms with van der Waals surface area (Å²) in [5, 5.41) is 0. The number of anilines is 2. The lowest BCUT2D eigenvalue weighted by Crippen LogP contribution is -2.31. The molecule has 0 spiro atoms. The van der Waals surface area contributed by atoms with Gasteiger partial charge in [0, 0.05) is 12.7 Å². The maximum atomic E-state index is 14.1. The Bertz CT molecular complexity index is 806. The summed E-state index contributed by atoms with van der Waals surface area (Å²) in [7, 11) is -3.91. The van der Waals surface area contributed by atoms with E-state index < -0.39 is 15.8 Å². The normalized spacial score (nSPS) is 11.5. The lowest BCUT2D eigenvalue weighted by atomic mass is 10.2. The van der Waals surface area contributed by atoms with E-state index in [1.807, 2.05) is 0 Å². The highest BCUT2D eigenvalue weighted by atomic mass is 32.2. The Morgan fingerprint density at radius 3 is 2.55 bits per heavy atom. The molecule has 2 rings (SSSR count). The first-order valence-electron chi connectivity index (χ1n) is 6.78. The molecule has 2 N–H and O–H groups in total. The van der Waals surface area contributed by atoms with Gasteiger partial charge in [0.1, 0.15) is 16.5 Å². The van der Waals surface area contributed by atoms with E-state index in [2.05, 4.69) is 4.98 Å². The summed E-state index contributed by atoms with van der Waals surface area (Å²) >= 11 is 0. The summed E-state index contributed by atoms with van der Waals surface area (Å²) in [5.74, 6) is -0.320. The molecule has 0 unspecified atom stereocenters. The Hall–Kier alpha value is -2.15. The second-order valence-corrected chi connectivity index (χ2v) is 6.86. The molecule has 1 aromatic carbocycles. The van der Waals surface area contributed by atoms with Gasteiger partial charge in [-0.2, -0.15) is 0 Å². The molecular weight excluding hydrogens is 305 g/mol. The molecule has 0 aliphatic rings. The average Bonchev–Trinajstić information content (AvgIpc) is 2.46. The minimum Gasteiger partial charge on any atom is -0.383 e. The number of halogens is 1. The molecule has 0 radical (unpaired) electrons. The molecule has 118 valence electrons. The molecule has 1 aromatic heterocycles. The van der Waals surface area contributed by atoms with Crippen molar-refractivity contribution in [1.29, 1.82) is 0 Å². The second kappa shape index (κ2) is 5.92. The number of nitrogens with two attached hydrogens (primary N) is 1. The fourth-order valence-electron chi connectivity index (χ4n) is 2.11. The summed E-state index contributed by atoms with van der Waals surface area (Å²) in [6, 6.07) is 5.80. The molecular formula is C15H18FN3O2S. The zero-order valence-electron chi connectivity index (χ0n) is 12.7. The van der Waals surface area contributed by atoms with E-state index in [0.29, 0.717) is 5.56 Å². The molecule has 0 bridgehead atoms. The van der Waals surface area contributed by atoms with Crippen LogP contribution in [-0.4, -0.2) is 19.9 Å². The van der Waals surface area contributed by atoms with Gasteiger partial charge in [-0.3, -0.25) is 4.31 Å². The number of pyridine rings is 1. The first-order chi connectivity index (χ1) is 10.3. The molecule has 0 aliphatic carbocycles. The summed E-state index contributed by atoms with van der Waals surface area (Å²) in [6.45, 7) is 5.20. The van der Waals surface area contributed by atoms with Crippen LogP contribution in [0.2, 0.25) is 0 Å². The lowest BCUT2D eigenvalue weighted by Gasteiger charge is -2.23. The molecule has 2 aromatic rings. The van der Waals surface area contributed by atoms with Gasteiger partial charge in [-0.1, -0.05) is 6.07 Å². The van der Waals surface area contributed by atoms with Crippen molar-refractivity contribution in [3.63, 3.8) is 0 Å². The van der Waals surface area contributed by atoms with Gasteiger partial charge < -0.3 is 5.73 Å². The fraction of sp³-hybridized carbons (Fsp3) is 0.267. The first kappa shape index (κ1) is 16.2. The van der Waals surface area contributed by atoms with Gasteiger partial charge in [-0.25, -0.2) is 17.8 Å². The molecule has 0 saturated carbocycles. The van der Waals surface area contributed by atoms with Crippen LogP contribution >= 0.6 is 0 Å². The van der Waals surface area contributed by atoms with Crippen LogP contribution in [-0.2, 0) is 10.0 Å². The van der Waals surface area contributed by atoms with Crippen LogP contribution in [0.5, 0.6) is 0 Å². The van der Waals surface area contributed by atoms with Crippen LogP contribution in [0.1, 0.15) is 18.1 Å². The number of nitrogens with zero attached hydrogens (tertiary/aromatic N) is 2. The molecule has 0 atom stereocenters. The fourth-order valence-corrected chi connectivity index (χ4v) is 3.62. The van der Waals surface area contributed by atoms with E-state index in [9.17, 15) is 12.8 Å². The van der Waals surface area contributed by atoms with Crippen LogP contribution in [0.4, 0.5) is 15.9 Å². The number of benzene rings is 1. The third kappa shape index (κ3) is 2.89. The van der Waals surface area contributed by atoms with E-state index in [1.54, 1.807) is 26.8 Å². The van der Waals surface area contributed by atoms with Gasteiger partial charge >= 0.3 is 0 Å². The van der Waals surface area contributed by atoms with Gasteiger partial charge in [0.25, 0.3) is 10.0 Å². The lowest BCUT2D eigenvalue weighted by molar-refractivity contribution is 0.586. The van der Waals surface area contributed by atoms with Crippen molar-refractivity contribution in [2.24, 2.45) is 0 Å². The highest BCUT2D eigenvalue weighted by Crippen LogP contribution is 2.27. The van der Waals surface area contributed by atoms with Crippen LogP contribution in [0.25, 0.3) is 0 Å². The van der Waals surface area contributed by atoms with Crippen molar-refractivity contribution in [2.45, 2.75) is 25.7 Å². The van der Waals surface area contributed by atoms with Gasteiger partial charge in [0.05, 0.1) is 5.69 Å². The van der Waals surface area contributed by atoms with Crippen LogP contribution < -0.4 is 10.0 Å². The number of hydrogen-bond acceptors (Lipinski definition) is 4. The van der Waals surface area contributed by atoms with Crippen LogP contribution in [0.15, 0.2) is 35.4 Å². The first-order valence-corrected chi connectivity index (χ1v) is 8.22. The number of nitrogen functional groups attached to an aromatic ring is 1. The molecule has 22 heavy (non-hydrogen) atoms. The van der Waals surface area contributed by atoms with Gasteiger partial charge in [0.15, 0.2) is 0 Å². The SMILES string of the molecule is CCN(c1cc(C)ccc1F)S(=O)(=O)c1cnc(N)c(C)c1. The van der Waals surface area contributed by atoms with Gasteiger partial charge in [-0.15, -0.1) is 0 Å². The topological polar surface area (TPSA) is 76.3 Å². The maximum absolute atomic E-state index is 14.1. The monoisotopic (exact) mass is 323 g/mol. The third-order valence-electron chi connectivity index (χ3n) is 3.34. The summed E-state index contributed by atoms with van der Waals surface area (Å²) < 4.78 is 40.6. The van der Waals surface area contributed by atoms with E-state index in [4.69, 9.17) is 5.73 Å². The number of hydrogen-bond donors (Lipinski definition) is 1. The smallest absolute Gasteiger partial charge is 0.265 e. The van der Waals surface area contributed by atoms with Crippen LogP contribution in [0, 0.1) is 19.7 Å². The van der Waals surface area contributed by atoms with Crippen LogP contribution in [0.3, 0.4) is 0 Å². The Balaban J connectivity index is 2.58. The molecule has 7 heteroatoms. The third-order valence-corrected chi connectivity index (χ3v) is 5.19. The Labute approximate surface area is 129 Å². The van der Waals surface area contributed by atoms with Gasteiger partial charge in [0.2, 0.25) is 0 Å². The van der Waals surface area contributed by atoms with Gasteiger partial charge in [-0.05, 0) is 50.1 Å². The zero-order chi connectivity index (χ0) is 16.5. The number of sulfonamides is 1. The molecule has 0 aliphatic heterocycles. The largest absolute Gasteiger partial charge is 0.383 e. The van der Waals surface area contributed by atoms with Crippen molar-refractivity contribution >= 4 is 21.5 Å². The van der Waals surface area contributed by atoms with E-state index in [0.717, 1.165) is 9.87 Å². The number of aryl methyl sites for hydroxylation is 2. The van der Waals surface area contributed by atoms with Crippen molar-refractivity contribution in [2.75, 3.05) is 16.6 Å². The van der Waals surface area contributed by atoms with E-state index in [1.165, 1.54) is 24.4 Å². The average molecular weight is 323 g/mol. The maximum Gasteiger partial charge on any atom is 0.265 e. The Morgan fingerprint density at radius 2 is 1.95 bits per heavy atom. The number of aromatic nitrogens is 1. The quantitative estimate of drug-likeness (QED) is 0.938. The Morgan fingerprint density at radius 1 is 1.27 bits per heavy atom. The Kier molecular flexibility index (Phi) is 4.37. The second-order valence-electron chi connectivity index (χ2n) is 5.00. The minimum absolute atomic E-state index is 0.0121. The van der Waals surface area contributed by atoms with Crippen molar-refractivity contribution in [3.05, 3.63) is 47.4 Å². The highest BCUT2D eigenvalue weighted by Gasteiger charge is 2.26. The van der Waals surface area contributed by atoms with Crippen molar-refractivity contribution < 1.29 is 12.8 Å². The molecule has 5 nitrogen and oxygen atoms in total. The summed E-state index contributed by atoms with van der Waals surface area (Å²) in [5.41, 5.74) is 6.97. The van der Waals surface area contributed by atoms with Crippen molar-refractivity contribution in [1.82, 2.24) is 4.98 Å². The molecule has 1 heterocycles. The standard InChI is InChI=1S/C15H18FN3O2S/c1-4-19(14-7-10(2)5-6-13(14)16)22(20,21)12-8-11(3)15(17)18-9-12/h5-9H,4H2,1-3H3,(H2,17,18). The summed E-state index contributed by atoms with van der Waals surface area (Å²) in [6.07, 6.45) is 1.19. The summed E-state index contributed by atoms with van der Waals surface area (Å²) in [4.78, 5) is 3.86. The van der Waals surface area contributed by atoms with E-state index in [-0.39, 0.29) is 22.9 Å². The van der Waals surface area contributed by atoms with Crippen molar-refractivity contribution in [3.8, 4) is 0 Å². The predicted molar refractivity (Wildman–Crippen MR) is 84.7 cm³/mol. The highest BCUT2D eigenvalue weighted by molar-refractivity contribution is 7.92. The minimum atomic E-state index is -3.91. The zero-order valence-corrected chi connectivity index (χ0v) is 13.5. The number of rotatable bonds is 4. The molecule has 0 amide bonds. The predicted octanol–water partition coefficient (Wildman–Crippen LogP) is 2.63. The molecule has 0 fully saturated rings. The van der Waals surface area contributed by atoms with E-state index >= 15 is 0 Å². The molecule has 0 saturated heterocycles.